The molecule has 0 aromatic carbocycles. The summed E-state index contributed by atoms with van der Waals surface area (Å²) in [6.45, 7) is 2.91. The maximum atomic E-state index is 10.9. The average molecular weight is 195 g/mol. The van der Waals surface area contributed by atoms with Gasteiger partial charge in [0.05, 0.1) is 13.1 Å². The van der Waals surface area contributed by atoms with Crippen molar-refractivity contribution >= 4 is 5.91 Å². The molecule has 0 saturated carbocycles. The molecule has 2 rings (SSSR count). The summed E-state index contributed by atoms with van der Waals surface area (Å²) in [6.07, 6.45) is 1.94. The number of aromatic nitrogens is 2. The first-order chi connectivity index (χ1) is 6.65. The van der Waals surface area contributed by atoms with Crippen molar-refractivity contribution in [1.29, 1.82) is 0 Å². The van der Waals surface area contributed by atoms with Crippen LogP contribution in [0, 0.1) is 0 Å². The van der Waals surface area contributed by atoms with Crippen molar-refractivity contribution in [2.24, 2.45) is 7.05 Å². The van der Waals surface area contributed by atoms with E-state index in [1.165, 1.54) is 0 Å². The standard InChI is InChI=1S/C9H13N3O2/c1-7(13)12-5-8(6-12)14-9-3-4-11(2)10-9/h3-4,8H,5-6H2,1-2H3. The molecule has 0 spiro atoms. The van der Waals surface area contributed by atoms with Gasteiger partial charge in [-0.3, -0.25) is 9.48 Å². The molecule has 14 heavy (non-hydrogen) atoms. The van der Waals surface area contributed by atoms with Crippen molar-refractivity contribution in [2.45, 2.75) is 13.0 Å². The van der Waals surface area contributed by atoms with E-state index in [4.69, 9.17) is 4.74 Å². The fraction of sp³-hybridized carbons (Fsp3) is 0.556. The molecule has 1 aliphatic heterocycles. The molecule has 0 unspecified atom stereocenters. The largest absolute Gasteiger partial charge is 0.470 e. The van der Waals surface area contributed by atoms with Crippen LogP contribution in [0.1, 0.15) is 6.92 Å². The maximum Gasteiger partial charge on any atom is 0.233 e. The second kappa shape index (κ2) is 3.32. The van der Waals surface area contributed by atoms with Gasteiger partial charge in [0.2, 0.25) is 11.8 Å². The number of carbonyl (C=O) groups excluding carboxylic acids is 1. The minimum Gasteiger partial charge on any atom is -0.470 e. The molecule has 0 radical (unpaired) electrons. The number of likely N-dealkylation sites (tertiary alicyclic amines) is 1. The quantitative estimate of drug-likeness (QED) is 0.669. The number of amides is 1. The van der Waals surface area contributed by atoms with E-state index < -0.39 is 0 Å². The molecular weight excluding hydrogens is 182 g/mol. The number of rotatable bonds is 2. The highest BCUT2D eigenvalue weighted by molar-refractivity contribution is 5.74. The summed E-state index contributed by atoms with van der Waals surface area (Å²) < 4.78 is 7.22. The number of hydrogen-bond acceptors (Lipinski definition) is 3. The predicted octanol–water partition coefficient (Wildman–Crippen LogP) is 0.0296. The number of nitrogens with zero attached hydrogens (tertiary/aromatic N) is 3. The third-order valence-corrected chi connectivity index (χ3v) is 2.27. The lowest BCUT2D eigenvalue weighted by Gasteiger charge is -2.37. The first-order valence-corrected chi connectivity index (χ1v) is 4.57. The fourth-order valence-electron chi connectivity index (χ4n) is 1.40. The topological polar surface area (TPSA) is 47.4 Å². The highest BCUT2D eigenvalue weighted by atomic mass is 16.5. The normalized spacial score (nSPS) is 16.6. The van der Waals surface area contributed by atoms with E-state index in [-0.39, 0.29) is 12.0 Å². The molecule has 5 heteroatoms. The lowest BCUT2D eigenvalue weighted by atomic mass is 10.2. The van der Waals surface area contributed by atoms with Crippen molar-refractivity contribution in [3.05, 3.63) is 12.3 Å². The van der Waals surface area contributed by atoms with Crippen LogP contribution in [-0.2, 0) is 11.8 Å². The van der Waals surface area contributed by atoms with E-state index >= 15 is 0 Å². The summed E-state index contributed by atoms with van der Waals surface area (Å²) in [5.41, 5.74) is 0. The van der Waals surface area contributed by atoms with Crippen LogP contribution in [0.4, 0.5) is 0 Å². The molecule has 1 amide bonds. The van der Waals surface area contributed by atoms with Crippen molar-refractivity contribution in [2.75, 3.05) is 13.1 Å². The SMILES string of the molecule is CC(=O)N1CC(Oc2ccn(C)n2)C1. The summed E-state index contributed by atoms with van der Waals surface area (Å²) in [7, 11) is 1.84. The lowest BCUT2D eigenvalue weighted by molar-refractivity contribution is -0.137. The number of ether oxygens (including phenoxy) is 1. The van der Waals surface area contributed by atoms with E-state index in [1.807, 2.05) is 19.3 Å². The van der Waals surface area contributed by atoms with Crippen molar-refractivity contribution in [1.82, 2.24) is 14.7 Å². The smallest absolute Gasteiger partial charge is 0.233 e. The van der Waals surface area contributed by atoms with Gasteiger partial charge in [-0.1, -0.05) is 0 Å². The van der Waals surface area contributed by atoms with E-state index in [0.29, 0.717) is 19.0 Å². The van der Waals surface area contributed by atoms with Crippen molar-refractivity contribution in [3.8, 4) is 5.88 Å². The molecule has 0 bridgehead atoms. The summed E-state index contributed by atoms with van der Waals surface area (Å²) in [5, 5.41) is 4.09. The fourth-order valence-corrected chi connectivity index (χ4v) is 1.40. The molecule has 1 aromatic rings. The van der Waals surface area contributed by atoms with E-state index in [2.05, 4.69) is 5.10 Å². The summed E-state index contributed by atoms with van der Waals surface area (Å²) in [4.78, 5) is 12.6. The summed E-state index contributed by atoms with van der Waals surface area (Å²) in [5.74, 6) is 0.728. The Hall–Kier alpha value is -1.52. The van der Waals surface area contributed by atoms with Gasteiger partial charge >= 0.3 is 0 Å². The van der Waals surface area contributed by atoms with Gasteiger partial charge in [0.1, 0.15) is 6.10 Å². The number of hydrogen-bond donors (Lipinski definition) is 0. The van der Waals surface area contributed by atoms with Crippen LogP contribution in [0.25, 0.3) is 0 Å². The predicted molar refractivity (Wildman–Crippen MR) is 49.9 cm³/mol. The zero-order chi connectivity index (χ0) is 10.1. The summed E-state index contributed by atoms with van der Waals surface area (Å²) in [6, 6.07) is 1.82. The minimum atomic E-state index is 0.103. The molecule has 1 aromatic heterocycles. The molecule has 1 saturated heterocycles. The van der Waals surface area contributed by atoms with Crippen LogP contribution in [0.3, 0.4) is 0 Å². The van der Waals surface area contributed by atoms with Gasteiger partial charge in [-0.25, -0.2) is 0 Å². The first-order valence-electron chi connectivity index (χ1n) is 4.57. The Labute approximate surface area is 82.3 Å². The zero-order valence-corrected chi connectivity index (χ0v) is 8.30. The second-order valence-corrected chi connectivity index (χ2v) is 3.49. The van der Waals surface area contributed by atoms with Gasteiger partial charge in [-0.2, -0.15) is 0 Å². The second-order valence-electron chi connectivity index (χ2n) is 3.49. The lowest BCUT2D eigenvalue weighted by Crippen LogP contribution is -2.55. The van der Waals surface area contributed by atoms with Crippen LogP contribution >= 0.6 is 0 Å². The van der Waals surface area contributed by atoms with Gasteiger partial charge in [-0.05, 0) is 0 Å². The highest BCUT2D eigenvalue weighted by Crippen LogP contribution is 2.15. The first kappa shape index (κ1) is 9.05. The molecule has 76 valence electrons. The molecule has 0 N–H and O–H groups in total. The third kappa shape index (κ3) is 1.71. The maximum absolute atomic E-state index is 10.9. The van der Waals surface area contributed by atoms with Crippen LogP contribution < -0.4 is 4.74 Å². The molecule has 0 aliphatic carbocycles. The highest BCUT2D eigenvalue weighted by Gasteiger charge is 2.30. The van der Waals surface area contributed by atoms with Gasteiger partial charge in [0.25, 0.3) is 0 Å². The molecule has 5 nitrogen and oxygen atoms in total. The Kier molecular flexibility index (Phi) is 2.15. The molecule has 1 aliphatic rings. The average Bonchev–Trinajstić information content (AvgIpc) is 2.42. The Morgan fingerprint density at radius 2 is 2.36 bits per heavy atom. The van der Waals surface area contributed by atoms with Gasteiger partial charge in [0, 0.05) is 26.2 Å². The number of aryl methyl sites for hydroxylation is 1. The van der Waals surface area contributed by atoms with E-state index in [0.717, 1.165) is 0 Å². The molecule has 2 heterocycles. The number of carbonyl (C=O) groups is 1. The Balaban J connectivity index is 1.82. The third-order valence-electron chi connectivity index (χ3n) is 2.27. The van der Waals surface area contributed by atoms with Gasteiger partial charge in [-0.15, -0.1) is 5.10 Å². The molecule has 0 atom stereocenters. The van der Waals surface area contributed by atoms with Crippen LogP contribution in [0.15, 0.2) is 12.3 Å². The van der Waals surface area contributed by atoms with E-state index in [9.17, 15) is 4.79 Å². The molecule has 1 fully saturated rings. The molecular formula is C9H13N3O2. The van der Waals surface area contributed by atoms with Crippen LogP contribution in [0.2, 0.25) is 0 Å². The Morgan fingerprint density at radius 3 is 2.86 bits per heavy atom. The monoisotopic (exact) mass is 195 g/mol. The van der Waals surface area contributed by atoms with Crippen molar-refractivity contribution in [3.63, 3.8) is 0 Å². The summed E-state index contributed by atoms with van der Waals surface area (Å²) >= 11 is 0. The Bertz CT molecular complexity index is 342. The van der Waals surface area contributed by atoms with E-state index in [1.54, 1.807) is 16.5 Å². The zero-order valence-electron chi connectivity index (χ0n) is 8.30. The Morgan fingerprint density at radius 1 is 1.64 bits per heavy atom. The van der Waals surface area contributed by atoms with Crippen LogP contribution in [-0.4, -0.2) is 39.8 Å². The van der Waals surface area contributed by atoms with Gasteiger partial charge < -0.3 is 9.64 Å². The van der Waals surface area contributed by atoms with Crippen LogP contribution in [0.5, 0.6) is 5.88 Å². The van der Waals surface area contributed by atoms with Crippen molar-refractivity contribution < 1.29 is 9.53 Å². The van der Waals surface area contributed by atoms with Gasteiger partial charge in [0.15, 0.2) is 0 Å². The minimum absolute atomic E-state index is 0.103.